The van der Waals surface area contributed by atoms with Gasteiger partial charge in [0.15, 0.2) is 10.9 Å². The highest BCUT2D eigenvalue weighted by atomic mass is 35.5. The summed E-state index contributed by atoms with van der Waals surface area (Å²) in [5, 5.41) is 12.5. The topological polar surface area (TPSA) is 94.8 Å². The zero-order chi connectivity index (χ0) is 20.9. The van der Waals surface area contributed by atoms with E-state index in [4.69, 9.17) is 16.3 Å². The summed E-state index contributed by atoms with van der Waals surface area (Å²) < 4.78 is 7.22. The number of hydrogen-bond donors (Lipinski definition) is 1. The lowest BCUT2D eigenvalue weighted by molar-refractivity contribution is 0.0853. The second kappa shape index (κ2) is 9.55. The van der Waals surface area contributed by atoms with Crippen LogP contribution < -0.4 is 5.32 Å². The van der Waals surface area contributed by atoms with Crippen molar-refractivity contribution in [1.29, 1.82) is 0 Å². The zero-order valence-electron chi connectivity index (χ0n) is 16.4. The lowest BCUT2D eigenvalue weighted by Gasteiger charge is -2.11. The third-order valence-corrected chi connectivity index (χ3v) is 6.07. The van der Waals surface area contributed by atoms with E-state index in [1.807, 2.05) is 25.1 Å². The Kier molecular flexibility index (Phi) is 6.61. The fraction of sp³-hybridized carbons (Fsp3) is 0.350. The number of ether oxygens (including phenoxy) is 1. The number of aryl methyl sites for hydroxylation is 1. The van der Waals surface area contributed by atoms with Gasteiger partial charge in [-0.1, -0.05) is 34.6 Å². The van der Waals surface area contributed by atoms with E-state index < -0.39 is 0 Å². The van der Waals surface area contributed by atoms with E-state index in [1.165, 1.54) is 11.8 Å². The first kappa shape index (κ1) is 20.8. The Hall–Kier alpha value is -2.49. The molecule has 1 aliphatic rings. The quantitative estimate of drug-likeness (QED) is 0.441. The number of carbonyl (C=O) groups excluding carboxylic acids is 1. The second-order valence-electron chi connectivity index (χ2n) is 6.90. The molecule has 3 heterocycles. The predicted molar refractivity (Wildman–Crippen MR) is 114 cm³/mol. The van der Waals surface area contributed by atoms with Crippen LogP contribution in [0, 0.1) is 6.92 Å². The predicted octanol–water partition coefficient (Wildman–Crippen LogP) is 3.22. The van der Waals surface area contributed by atoms with E-state index in [0.29, 0.717) is 28.2 Å². The summed E-state index contributed by atoms with van der Waals surface area (Å²) in [6, 6.07) is 7.38. The number of nitrogens with one attached hydrogen (secondary N) is 1. The number of amides is 1. The van der Waals surface area contributed by atoms with Crippen molar-refractivity contribution in [3.8, 4) is 5.69 Å². The molecule has 1 fully saturated rings. The highest BCUT2D eigenvalue weighted by Crippen LogP contribution is 2.25. The van der Waals surface area contributed by atoms with E-state index in [2.05, 4.69) is 25.6 Å². The van der Waals surface area contributed by atoms with Crippen LogP contribution in [-0.4, -0.2) is 50.1 Å². The largest absolute Gasteiger partial charge is 0.376 e. The number of benzene rings is 1. The molecule has 1 atom stereocenters. The Morgan fingerprint density at radius 3 is 2.93 bits per heavy atom. The van der Waals surface area contributed by atoms with E-state index in [1.54, 1.807) is 23.1 Å². The van der Waals surface area contributed by atoms with Gasteiger partial charge in [0.05, 0.1) is 17.5 Å². The SMILES string of the molecule is Cc1ccc(-n2nnc(C(=O)NCC3CCCO3)c2CSc2ncccn2)cc1Cl. The van der Waals surface area contributed by atoms with Crippen LogP contribution in [0.1, 0.15) is 34.6 Å². The molecule has 156 valence electrons. The molecular weight excluding hydrogens is 424 g/mol. The first-order chi connectivity index (χ1) is 14.6. The number of rotatable bonds is 7. The summed E-state index contributed by atoms with van der Waals surface area (Å²) in [6.07, 6.45) is 5.38. The Balaban J connectivity index is 1.60. The third kappa shape index (κ3) is 4.80. The van der Waals surface area contributed by atoms with Crippen molar-refractivity contribution in [2.45, 2.75) is 36.8 Å². The van der Waals surface area contributed by atoms with Crippen molar-refractivity contribution < 1.29 is 9.53 Å². The van der Waals surface area contributed by atoms with Crippen LogP contribution >= 0.6 is 23.4 Å². The van der Waals surface area contributed by atoms with Gasteiger partial charge in [0.25, 0.3) is 5.91 Å². The van der Waals surface area contributed by atoms with Crippen LogP contribution in [0.15, 0.2) is 41.8 Å². The van der Waals surface area contributed by atoms with Crippen molar-refractivity contribution in [3.05, 3.63) is 58.6 Å². The Bertz CT molecular complexity index is 1020. The summed E-state index contributed by atoms with van der Waals surface area (Å²) in [5.41, 5.74) is 2.62. The molecule has 0 spiro atoms. The van der Waals surface area contributed by atoms with Gasteiger partial charge in [0.1, 0.15) is 0 Å². The molecule has 1 amide bonds. The van der Waals surface area contributed by atoms with E-state index in [-0.39, 0.29) is 17.7 Å². The van der Waals surface area contributed by atoms with Crippen LogP contribution in [0.3, 0.4) is 0 Å². The van der Waals surface area contributed by atoms with Crippen LogP contribution in [0.5, 0.6) is 0 Å². The molecule has 10 heteroatoms. The smallest absolute Gasteiger partial charge is 0.273 e. The number of nitrogens with zero attached hydrogens (tertiary/aromatic N) is 5. The van der Waals surface area contributed by atoms with Gasteiger partial charge in [-0.05, 0) is 43.5 Å². The monoisotopic (exact) mass is 444 g/mol. The number of halogens is 1. The lowest BCUT2D eigenvalue weighted by atomic mass is 10.2. The molecule has 3 aromatic rings. The van der Waals surface area contributed by atoms with Gasteiger partial charge < -0.3 is 10.1 Å². The number of carbonyl (C=O) groups is 1. The molecule has 2 aromatic heterocycles. The highest BCUT2D eigenvalue weighted by Gasteiger charge is 2.23. The van der Waals surface area contributed by atoms with Crippen molar-refractivity contribution in [2.24, 2.45) is 0 Å². The number of aromatic nitrogens is 5. The van der Waals surface area contributed by atoms with Gasteiger partial charge in [0.2, 0.25) is 0 Å². The average molecular weight is 445 g/mol. The summed E-state index contributed by atoms with van der Waals surface area (Å²) in [5.74, 6) is 0.144. The molecule has 1 saturated heterocycles. The van der Waals surface area contributed by atoms with Crippen LogP contribution in [0.4, 0.5) is 0 Å². The van der Waals surface area contributed by atoms with Crippen LogP contribution in [-0.2, 0) is 10.5 Å². The van der Waals surface area contributed by atoms with Crippen LogP contribution in [0.2, 0.25) is 5.02 Å². The Labute approximate surface area is 183 Å². The second-order valence-corrected chi connectivity index (χ2v) is 8.24. The lowest BCUT2D eigenvalue weighted by Crippen LogP contribution is -2.32. The molecule has 0 aliphatic carbocycles. The maximum Gasteiger partial charge on any atom is 0.273 e. The Morgan fingerprint density at radius 2 is 2.20 bits per heavy atom. The molecule has 0 radical (unpaired) electrons. The highest BCUT2D eigenvalue weighted by molar-refractivity contribution is 7.98. The molecule has 1 unspecified atom stereocenters. The number of hydrogen-bond acceptors (Lipinski definition) is 7. The summed E-state index contributed by atoms with van der Waals surface area (Å²) in [6.45, 7) is 3.13. The van der Waals surface area contributed by atoms with Gasteiger partial charge in [-0.3, -0.25) is 4.79 Å². The minimum atomic E-state index is -0.278. The standard InChI is InChI=1S/C20H21ClN6O2S/c1-13-5-6-14(10-16(13)21)27-17(12-30-20-22-7-3-8-23-20)18(25-26-27)19(28)24-11-15-4-2-9-29-15/h3,5-8,10,15H,2,4,9,11-12H2,1H3,(H,24,28). The maximum atomic E-state index is 12.9. The average Bonchev–Trinajstić information content (AvgIpc) is 3.43. The molecule has 30 heavy (non-hydrogen) atoms. The first-order valence-electron chi connectivity index (χ1n) is 9.62. The normalized spacial score (nSPS) is 16.0. The minimum absolute atomic E-state index is 0.0513. The summed E-state index contributed by atoms with van der Waals surface area (Å²) in [7, 11) is 0. The van der Waals surface area contributed by atoms with E-state index in [9.17, 15) is 4.79 Å². The fourth-order valence-electron chi connectivity index (χ4n) is 3.12. The maximum absolute atomic E-state index is 12.9. The van der Waals surface area contributed by atoms with Crippen LogP contribution in [0.25, 0.3) is 5.69 Å². The van der Waals surface area contributed by atoms with E-state index in [0.717, 1.165) is 30.7 Å². The molecule has 1 N–H and O–H groups in total. The van der Waals surface area contributed by atoms with Gasteiger partial charge in [-0.25, -0.2) is 14.6 Å². The molecule has 0 bridgehead atoms. The van der Waals surface area contributed by atoms with Gasteiger partial charge in [0, 0.05) is 36.3 Å². The molecule has 1 aliphatic heterocycles. The van der Waals surface area contributed by atoms with Crippen molar-refractivity contribution in [1.82, 2.24) is 30.3 Å². The molecule has 0 saturated carbocycles. The van der Waals surface area contributed by atoms with Crippen molar-refractivity contribution >= 4 is 29.3 Å². The molecule has 8 nitrogen and oxygen atoms in total. The van der Waals surface area contributed by atoms with Gasteiger partial charge >= 0.3 is 0 Å². The summed E-state index contributed by atoms with van der Waals surface area (Å²) in [4.78, 5) is 21.3. The molecule has 4 rings (SSSR count). The molecule has 1 aromatic carbocycles. The zero-order valence-corrected chi connectivity index (χ0v) is 18.0. The van der Waals surface area contributed by atoms with Gasteiger partial charge in [-0.2, -0.15) is 0 Å². The van der Waals surface area contributed by atoms with Gasteiger partial charge in [-0.15, -0.1) is 5.10 Å². The van der Waals surface area contributed by atoms with Crippen molar-refractivity contribution in [2.75, 3.05) is 13.2 Å². The minimum Gasteiger partial charge on any atom is -0.376 e. The Morgan fingerprint density at radius 1 is 1.37 bits per heavy atom. The summed E-state index contributed by atoms with van der Waals surface area (Å²) >= 11 is 7.71. The number of thioether (sulfide) groups is 1. The molecular formula is C20H21ClN6O2S. The third-order valence-electron chi connectivity index (χ3n) is 4.77. The first-order valence-corrected chi connectivity index (χ1v) is 11.0. The fourth-order valence-corrected chi connectivity index (χ4v) is 4.09. The van der Waals surface area contributed by atoms with E-state index >= 15 is 0 Å². The van der Waals surface area contributed by atoms with Crippen molar-refractivity contribution in [3.63, 3.8) is 0 Å².